The van der Waals surface area contributed by atoms with Crippen molar-refractivity contribution in [3.8, 4) is 0 Å². The van der Waals surface area contributed by atoms with Gasteiger partial charge in [0.25, 0.3) is 0 Å². The van der Waals surface area contributed by atoms with Gasteiger partial charge in [0, 0.05) is 11.0 Å². The molecule has 7 nitrogen and oxygen atoms in total. The van der Waals surface area contributed by atoms with E-state index in [0.717, 1.165) is 12.0 Å². The topological polar surface area (TPSA) is 86.6 Å². The minimum Gasteiger partial charge on any atom is -0.503 e. The van der Waals surface area contributed by atoms with Gasteiger partial charge in [-0.1, -0.05) is 43.3 Å². The first kappa shape index (κ1) is 21.3. The molecule has 1 amide bonds. The zero-order valence-electron chi connectivity index (χ0n) is 16.9. The molecular weight excluding hydrogens is 360 g/mol. The van der Waals surface area contributed by atoms with Crippen LogP contribution in [0, 0.1) is 11.3 Å². The standard InChI is InChI=1S/C21H26N2O5/c1-14-10-21(14,3)19(22-13-24)15(2)23-28-11-16-8-6-7-9-17(16)18(12-26-4)20(25)27-5/h6-9,12-14H,10-11H2,1-5H3/b18-12+,22-19?,23-15+. The maximum atomic E-state index is 12.1. The number of amides is 1. The number of esters is 1. The van der Waals surface area contributed by atoms with Crippen molar-refractivity contribution in [2.45, 2.75) is 33.8 Å². The lowest BCUT2D eigenvalue weighted by atomic mass is 9.96. The Morgan fingerprint density at radius 2 is 2.00 bits per heavy atom. The molecule has 0 aromatic heterocycles. The van der Waals surface area contributed by atoms with Gasteiger partial charge >= 0.3 is 5.97 Å². The molecule has 2 rings (SSSR count). The van der Waals surface area contributed by atoms with Crippen molar-refractivity contribution in [3.63, 3.8) is 0 Å². The molecular formula is C21H26N2O5. The van der Waals surface area contributed by atoms with Crippen LogP contribution in [0.15, 0.2) is 40.7 Å². The molecule has 0 heterocycles. The number of aliphatic imine (C=N–C) groups is 1. The van der Waals surface area contributed by atoms with Crippen LogP contribution in [0.1, 0.15) is 38.3 Å². The van der Waals surface area contributed by atoms with Crippen molar-refractivity contribution in [2.24, 2.45) is 21.5 Å². The lowest BCUT2D eigenvalue weighted by Crippen LogP contribution is -2.23. The van der Waals surface area contributed by atoms with Gasteiger partial charge < -0.3 is 14.3 Å². The second-order valence-corrected chi connectivity index (χ2v) is 6.97. The van der Waals surface area contributed by atoms with Crippen molar-refractivity contribution in [3.05, 3.63) is 41.7 Å². The summed E-state index contributed by atoms with van der Waals surface area (Å²) in [6.07, 6.45) is 2.83. The SMILES string of the molecule is CO/C=C(/C(=O)OC)c1ccccc1CO/N=C(\C)C(=NC=O)C1(C)CC1C. The third-order valence-electron chi connectivity index (χ3n) is 5.09. The highest BCUT2D eigenvalue weighted by Gasteiger charge is 2.51. The molecule has 0 radical (unpaired) electrons. The molecule has 1 aromatic rings. The van der Waals surface area contributed by atoms with Gasteiger partial charge in [-0.3, -0.25) is 4.79 Å². The average Bonchev–Trinajstić information content (AvgIpc) is 3.31. The summed E-state index contributed by atoms with van der Waals surface area (Å²) >= 11 is 0. The predicted octanol–water partition coefficient (Wildman–Crippen LogP) is 3.38. The maximum absolute atomic E-state index is 12.1. The summed E-state index contributed by atoms with van der Waals surface area (Å²) in [4.78, 5) is 32.5. The van der Waals surface area contributed by atoms with E-state index in [1.165, 1.54) is 20.5 Å². The number of rotatable bonds is 9. The van der Waals surface area contributed by atoms with Crippen LogP contribution in [0.25, 0.3) is 5.57 Å². The zero-order chi connectivity index (χ0) is 20.7. The number of oxime groups is 1. The lowest BCUT2D eigenvalue weighted by Gasteiger charge is -2.13. The molecule has 7 heteroatoms. The first-order valence-corrected chi connectivity index (χ1v) is 8.97. The van der Waals surface area contributed by atoms with Gasteiger partial charge in [-0.05, 0) is 24.8 Å². The number of benzene rings is 1. The molecule has 28 heavy (non-hydrogen) atoms. The Bertz CT molecular complexity index is 828. The fraction of sp³-hybridized carbons (Fsp3) is 0.429. The summed E-state index contributed by atoms with van der Waals surface area (Å²) in [6, 6.07) is 7.26. The largest absolute Gasteiger partial charge is 0.503 e. The van der Waals surface area contributed by atoms with Gasteiger partial charge in [-0.15, -0.1) is 0 Å². The third-order valence-corrected chi connectivity index (χ3v) is 5.09. The van der Waals surface area contributed by atoms with Crippen LogP contribution < -0.4 is 0 Å². The molecule has 150 valence electrons. The lowest BCUT2D eigenvalue weighted by molar-refractivity contribution is -0.133. The summed E-state index contributed by atoms with van der Waals surface area (Å²) in [5, 5.41) is 4.15. The van der Waals surface area contributed by atoms with E-state index in [0.29, 0.717) is 29.3 Å². The van der Waals surface area contributed by atoms with Gasteiger partial charge in [0.15, 0.2) is 0 Å². The van der Waals surface area contributed by atoms with Crippen molar-refractivity contribution in [1.82, 2.24) is 0 Å². The van der Waals surface area contributed by atoms with Crippen molar-refractivity contribution in [1.29, 1.82) is 0 Å². The highest BCUT2D eigenvalue weighted by Crippen LogP contribution is 2.53. The van der Waals surface area contributed by atoms with Crippen molar-refractivity contribution >= 4 is 29.4 Å². The predicted molar refractivity (Wildman–Crippen MR) is 107 cm³/mol. The second-order valence-electron chi connectivity index (χ2n) is 6.97. The molecule has 1 saturated carbocycles. The quantitative estimate of drug-likeness (QED) is 0.162. The van der Waals surface area contributed by atoms with Crippen LogP contribution >= 0.6 is 0 Å². The van der Waals surface area contributed by atoms with Crippen molar-refractivity contribution in [2.75, 3.05) is 14.2 Å². The number of ether oxygens (including phenoxy) is 2. The summed E-state index contributed by atoms with van der Waals surface area (Å²) in [6.45, 7) is 6.08. The Morgan fingerprint density at radius 1 is 1.32 bits per heavy atom. The van der Waals surface area contributed by atoms with Crippen LogP contribution in [0.2, 0.25) is 0 Å². The van der Waals surface area contributed by atoms with E-state index >= 15 is 0 Å². The van der Waals surface area contributed by atoms with E-state index in [1.807, 2.05) is 18.2 Å². The monoisotopic (exact) mass is 386 g/mol. The van der Waals surface area contributed by atoms with E-state index in [1.54, 1.807) is 13.0 Å². The second kappa shape index (κ2) is 9.30. The third kappa shape index (κ3) is 4.65. The van der Waals surface area contributed by atoms with Crippen LogP contribution in [0.5, 0.6) is 0 Å². The van der Waals surface area contributed by atoms with E-state index in [2.05, 4.69) is 24.0 Å². The Kier molecular flexibility index (Phi) is 7.09. The minimum absolute atomic E-state index is 0.131. The average molecular weight is 386 g/mol. The maximum Gasteiger partial charge on any atom is 0.341 e. The Hall–Kier alpha value is -2.96. The Labute approximate surface area is 165 Å². The Balaban J connectivity index is 2.20. The summed E-state index contributed by atoms with van der Waals surface area (Å²) in [5.74, 6) is -0.0658. The fourth-order valence-electron chi connectivity index (χ4n) is 3.21. The molecule has 2 atom stereocenters. The number of carbonyl (C=O) groups is 2. The molecule has 0 spiro atoms. The molecule has 0 N–H and O–H groups in total. The van der Waals surface area contributed by atoms with Gasteiger partial charge in [0.1, 0.15) is 12.2 Å². The van der Waals surface area contributed by atoms with E-state index in [9.17, 15) is 9.59 Å². The Morgan fingerprint density at radius 3 is 2.57 bits per heavy atom. The molecule has 1 aliphatic rings. The van der Waals surface area contributed by atoms with Crippen molar-refractivity contribution < 1.29 is 23.9 Å². The number of methoxy groups -OCH3 is 2. The molecule has 1 aromatic carbocycles. The van der Waals surface area contributed by atoms with Crippen LogP contribution in [0.4, 0.5) is 0 Å². The highest BCUT2D eigenvalue weighted by atomic mass is 16.6. The highest BCUT2D eigenvalue weighted by molar-refractivity contribution is 6.44. The fourth-order valence-corrected chi connectivity index (χ4v) is 3.21. The number of carbonyl (C=O) groups excluding carboxylic acids is 2. The molecule has 0 bridgehead atoms. The zero-order valence-corrected chi connectivity index (χ0v) is 16.9. The van der Waals surface area contributed by atoms with Crippen LogP contribution in [-0.2, 0) is 30.5 Å². The number of hydrogen-bond acceptors (Lipinski definition) is 6. The van der Waals surface area contributed by atoms with Gasteiger partial charge in [-0.2, -0.15) is 0 Å². The first-order valence-electron chi connectivity index (χ1n) is 8.97. The van der Waals surface area contributed by atoms with Gasteiger partial charge in [-0.25, -0.2) is 9.79 Å². The molecule has 2 unspecified atom stereocenters. The summed E-state index contributed by atoms with van der Waals surface area (Å²) in [5.41, 5.74) is 2.73. The molecule has 1 aliphatic carbocycles. The molecule has 1 fully saturated rings. The van der Waals surface area contributed by atoms with Crippen LogP contribution in [-0.4, -0.2) is 38.0 Å². The van der Waals surface area contributed by atoms with Crippen LogP contribution in [0.3, 0.4) is 0 Å². The van der Waals surface area contributed by atoms with E-state index in [-0.39, 0.29) is 17.6 Å². The molecule has 0 aliphatic heterocycles. The first-order chi connectivity index (χ1) is 13.4. The number of hydrogen-bond donors (Lipinski definition) is 0. The smallest absolute Gasteiger partial charge is 0.341 e. The van der Waals surface area contributed by atoms with E-state index < -0.39 is 5.97 Å². The summed E-state index contributed by atoms with van der Waals surface area (Å²) < 4.78 is 9.84. The summed E-state index contributed by atoms with van der Waals surface area (Å²) in [7, 11) is 2.77. The number of nitrogens with zero attached hydrogens (tertiary/aromatic N) is 2. The molecule has 0 saturated heterocycles. The van der Waals surface area contributed by atoms with E-state index in [4.69, 9.17) is 14.3 Å². The van der Waals surface area contributed by atoms with Gasteiger partial charge in [0.2, 0.25) is 6.41 Å². The normalized spacial score (nSPS) is 22.5. The van der Waals surface area contributed by atoms with Gasteiger partial charge in [0.05, 0.1) is 31.9 Å². The minimum atomic E-state index is -0.509.